The minimum Gasteiger partial charge on any atom is -0.371 e. The fourth-order valence-electron chi connectivity index (χ4n) is 13.8. The molecule has 4 saturated carbocycles. The molecule has 5 fully saturated rings. The molecule has 5 aliphatic carbocycles. The average Bonchev–Trinajstić information content (AvgIpc) is 3.18. The number of ether oxygens (including phenoxy) is 1. The van der Waals surface area contributed by atoms with Crippen molar-refractivity contribution in [3.63, 3.8) is 0 Å². The fourth-order valence-corrected chi connectivity index (χ4v) is 14.5. The molecule has 6 aliphatic rings. The normalized spacial score (nSPS) is 43.7. The summed E-state index contributed by atoms with van der Waals surface area (Å²) >= 11 is 0. The van der Waals surface area contributed by atoms with Crippen LogP contribution in [0.5, 0.6) is 11.5 Å². The van der Waals surface area contributed by atoms with Gasteiger partial charge in [0.2, 0.25) is 0 Å². The van der Waals surface area contributed by atoms with Crippen molar-refractivity contribution in [3.8, 4) is 11.5 Å². The van der Waals surface area contributed by atoms with Gasteiger partial charge in [-0.15, -0.1) is 0 Å². The van der Waals surface area contributed by atoms with Crippen molar-refractivity contribution in [3.05, 3.63) is 23.3 Å². The first-order valence-corrected chi connectivity index (χ1v) is 20.5. The molecule has 1 aliphatic heterocycles. The van der Waals surface area contributed by atoms with Crippen LogP contribution in [0.25, 0.3) is 0 Å². The Balaban J connectivity index is 0.00000234. The molecule has 10 atom stereocenters. The van der Waals surface area contributed by atoms with E-state index in [9.17, 15) is 25.9 Å². The molecule has 0 bridgehead atoms. The minimum atomic E-state index is -4.84. The third-order valence-electron chi connectivity index (χ3n) is 15.5. The number of benzene rings is 1. The first kappa shape index (κ1) is 40.8. The van der Waals surface area contributed by atoms with Crippen molar-refractivity contribution < 1.29 is 39.0 Å². The van der Waals surface area contributed by atoms with E-state index in [0.717, 1.165) is 44.9 Å². The molecule has 1 aromatic carbocycles. The van der Waals surface area contributed by atoms with Gasteiger partial charge in [-0.05, 0) is 135 Å². The largest absolute Gasteiger partial charge is 0.446 e. The zero-order valence-corrected chi connectivity index (χ0v) is 36.7. The summed E-state index contributed by atoms with van der Waals surface area (Å²) in [5.74, 6) is 1.49. The maximum absolute atomic E-state index is 11.9. The Labute approximate surface area is 338 Å². The molecule has 266 valence electrons. The zero-order valence-electron chi connectivity index (χ0n) is 31.1. The van der Waals surface area contributed by atoms with Crippen LogP contribution < -0.4 is 8.37 Å². The first-order chi connectivity index (χ1) is 21.6. The Morgan fingerprint density at radius 1 is 0.653 bits per heavy atom. The van der Waals surface area contributed by atoms with Crippen LogP contribution in [0.4, 0.5) is 0 Å². The van der Waals surface area contributed by atoms with Gasteiger partial charge in [0.1, 0.15) is 11.5 Å². The molecule has 0 unspecified atom stereocenters. The second-order valence-corrected chi connectivity index (χ2v) is 20.2. The number of fused-ring (bicyclic) bond motifs is 10. The van der Waals surface area contributed by atoms with Crippen LogP contribution in [0.1, 0.15) is 130 Å². The van der Waals surface area contributed by atoms with Gasteiger partial charge < -0.3 is 13.1 Å². The van der Waals surface area contributed by atoms with E-state index in [1.54, 1.807) is 0 Å². The third-order valence-corrected chi connectivity index (χ3v) is 16.3. The Hall–Kier alpha value is 0.600. The SMILES string of the molecule is CC1(C)CCC[C@]2(C)O[C@H]3CC[C@@]4(C)[C@@H](CC[C@]5(C)[C@@H]4CC[C@]4(C)c6c(OS(=O)(=O)O)ccc(OS(=O)(=O)O)c6C[C@@H]54)[C@]3(C)CC[C@@H]12.[Na].[Na]. The van der Waals surface area contributed by atoms with Crippen molar-refractivity contribution in [2.24, 2.45) is 45.3 Å². The van der Waals surface area contributed by atoms with Crippen molar-refractivity contribution in [2.45, 2.75) is 143 Å². The maximum atomic E-state index is 11.9. The summed E-state index contributed by atoms with van der Waals surface area (Å²) in [6, 6.07) is 2.63. The van der Waals surface area contributed by atoms with E-state index in [1.165, 1.54) is 37.8 Å². The number of rotatable bonds is 4. The van der Waals surface area contributed by atoms with Crippen LogP contribution in [-0.4, -0.2) is 96.8 Å². The molecule has 0 aromatic heterocycles. The molecule has 1 saturated heterocycles. The van der Waals surface area contributed by atoms with Crippen LogP contribution >= 0.6 is 0 Å². The van der Waals surface area contributed by atoms with Gasteiger partial charge >= 0.3 is 20.8 Å². The Bertz CT molecular complexity index is 1700. The van der Waals surface area contributed by atoms with Crippen molar-refractivity contribution in [1.82, 2.24) is 0 Å². The monoisotopic (exact) mass is 740 g/mol. The summed E-state index contributed by atoms with van der Waals surface area (Å²) in [5.41, 5.74) is 0.766. The summed E-state index contributed by atoms with van der Waals surface area (Å²) in [5, 5.41) is 0. The quantitative estimate of drug-likeness (QED) is 0.244. The predicted molar refractivity (Wildman–Crippen MR) is 189 cm³/mol. The first-order valence-electron chi connectivity index (χ1n) is 17.7. The molecule has 2 N–H and O–H groups in total. The topological polar surface area (TPSA) is 136 Å². The van der Waals surface area contributed by atoms with Gasteiger partial charge in [-0.2, -0.15) is 16.8 Å². The molecule has 9 nitrogen and oxygen atoms in total. The zero-order chi connectivity index (χ0) is 34.2. The van der Waals surface area contributed by atoms with E-state index in [2.05, 4.69) is 48.5 Å². The number of hydrogen-bond donors (Lipinski definition) is 2. The van der Waals surface area contributed by atoms with Crippen LogP contribution in [0, 0.1) is 45.3 Å². The smallest absolute Gasteiger partial charge is 0.371 e. The summed E-state index contributed by atoms with van der Waals surface area (Å²) in [7, 11) is -9.66. The molecule has 7 rings (SSSR count). The Morgan fingerprint density at radius 2 is 1.16 bits per heavy atom. The molecular weight excluding hydrogens is 687 g/mol. The van der Waals surface area contributed by atoms with Gasteiger partial charge in [0.05, 0.1) is 11.7 Å². The Kier molecular flexibility index (Phi) is 10.7. The molecule has 1 aromatic rings. The van der Waals surface area contributed by atoms with Crippen LogP contribution in [0.2, 0.25) is 0 Å². The molecule has 1 heterocycles. The number of hydrogen-bond acceptors (Lipinski definition) is 7. The third kappa shape index (κ3) is 6.38. The van der Waals surface area contributed by atoms with Gasteiger partial charge in [0.15, 0.2) is 0 Å². The van der Waals surface area contributed by atoms with E-state index in [4.69, 9.17) is 13.1 Å². The predicted octanol–water partition coefficient (Wildman–Crippen LogP) is 7.11. The second-order valence-electron chi connectivity index (χ2n) is 18.2. The average molecular weight is 741 g/mol. The molecule has 49 heavy (non-hydrogen) atoms. The van der Waals surface area contributed by atoms with E-state index < -0.39 is 26.2 Å². The van der Waals surface area contributed by atoms with E-state index >= 15 is 0 Å². The standard InChI is InChI=1S/C36H54O9S2.2Na/c1-31(2)15-8-16-36(7)25(31)11-18-34(5)27-12-17-33(4)26(32(27,3)20-14-29(34)43-36)13-19-35(6)28(33)21-22-23(44-46(37,38)39)9-10-24(30(22)35)45-47(40,41)42;;/h9-10,25-29H,8,11-21H2,1-7H3,(H,37,38,39)(H,40,41,42);;/t25-,26+,27+,28-,29-,32+,33+,34-,35-,36-;;/m0../s1. The van der Waals surface area contributed by atoms with Gasteiger partial charge in [-0.3, -0.25) is 9.11 Å². The van der Waals surface area contributed by atoms with Crippen molar-refractivity contribution in [2.75, 3.05) is 0 Å². The van der Waals surface area contributed by atoms with Crippen LogP contribution in [0.3, 0.4) is 0 Å². The van der Waals surface area contributed by atoms with Crippen molar-refractivity contribution >= 4 is 79.9 Å². The molecule has 0 spiro atoms. The minimum absolute atomic E-state index is 0. The van der Waals surface area contributed by atoms with E-state index in [1.807, 2.05) is 0 Å². The van der Waals surface area contributed by atoms with Crippen molar-refractivity contribution in [1.29, 1.82) is 0 Å². The van der Waals surface area contributed by atoms with Gasteiger partial charge in [-0.1, -0.05) is 48.0 Å². The van der Waals surface area contributed by atoms with E-state index in [0.29, 0.717) is 35.3 Å². The second kappa shape index (κ2) is 12.8. The maximum Gasteiger partial charge on any atom is 0.446 e. The summed E-state index contributed by atoms with van der Waals surface area (Å²) < 4.78 is 84.4. The molecule has 0 amide bonds. The fraction of sp³-hybridized carbons (Fsp3) is 0.833. The molecule has 13 heteroatoms. The molecule has 2 radical (unpaired) electrons. The Morgan fingerprint density at radius 3 is 1.82 bits per heavy atom. The summed E-state index contributed by atoms with van der Waals surface area (Å²) in [6.07, 6.45) is 12.7. The summed E-state index contributed by atoms with van der Waals surface area (Å²) in [6.45, 7) is 16.9. The molecular formula is C36H54Na2O9S2. The van der Waals surface area contributed by atoms with Gasteiger partial charge in [0, 0.05) is 75.7 Å². The van der Waals surface area contributed by atoms with E-state index in [-0.39, 0.29) is 110 Å². The van der Waals surface area contributed by atoms with Crippen LogP contribution in [-0.2, 0) is 37.4 Å². The van der Waals surface area contributed by atoms with Gasteiger partial charge in [0.25, 0.3) is 0 Å². The van der Waals surface area contributed by atoms with Gasteiger partial charge in [-0.25, -0.2) is 0 Å². The summed E-state index contributed by atoms with van der Waals surface area (Å²) in [4.78, 5) is 0. The van der Waals surface area contributed by atoms with Crippen LogP contribution in [0.15, 0.2) is 12.1 Å².